The van der Waals surface area contributed by atoms with E-state index in [1.54, 1.807) is 0 Å². The highest BCUT2D eigenvalue weighted by Gasteiger charge is 2.05. The lowest BCUT2D eigenvalue weighted by atomic mass is 9.92. The SMILES string of the molecule is [CH2]CCC(CCC)CCCCCCCCCCCCCCCCCCCC. The Labute approximate surface area is 174 Å². The second kappa shape index (κ2) is 24.0. The molecule has 1 atom stereocenters. The average Bonchev–Trinajstić information content (AvgIpc) is 2.67. The van der Waals surface area contributed by atoms with Gasteiger partial charge in [-0.2, -0.15) is 0 Å². The molecule has 0 aliphatic carbocycles. The molecular weight excluding hydrogens is 324 g/mol. The van der Waals surface area contributed by atoms with Crippen LogP contribution in [0.25, 0.3) is 0 Å². The predicted molar refractivity (Wildman–Crippen MR) is 126 cm³/mol. The smallest absolute Gasteiger partial charge is 0.0414 e. The number of hydrogen-bond acceptors (Lipinski definition) is 0. The molecule has 0 saturated heterocycles. The van der Waals surface area contributed by atoms with E-state index in [0.717, 1.165) is 12.3 Å². The van der Waals surface area contributed by atoms with Crippen LogP contribution in [0.1, 0.15) is 162 Å². The van der Waals surface area contributed by atoms with Crippen LogP contribution in [0.15, 0.2) is 0 Å². The molecule has 0 saturated carbocycles. The summed E-state index contributed by atoms with van der Waals surface area (Å²) in [5, 5.41) is 0. The lowest BCUT2D eigenvalue weighted by Gasteiger charge is -2.14. The molecule has 0 aliphatic rings. The van der Waals surface area contributed by atoms with Crippen molar-refractivity contribution in [1.29, 1.82) is 0 Å². The first-order chi connectivity index (χ1) is 13.3. The Bertz CT molecular complexity index is 238. The van der Waals surface area contributed by atoms with Gasteiger partial charge in [0.2, 0.25) is 0 Å². The van der Waals surface area contributed by atoms with Crippen LogP contribution in [0.2, 0.25) is 0 Å². The standard InChI is InChI=1S/C27H55/c1-4-7-8-9-10-11-12-13-14-15-16-17-18-19-20-21-22-23-26-27(24-5-2)25-6-3/h27H,2,4-26H2,1,3H3. The third-order valence-electron chi connectivity index (χ3n) is 6.28. The van der Waals surface area contributed by atoms with E-state index in [1.165, 1.54) is 141 Å². The number of rotatable bonds is 23. The zero-order valence-corrected chi connectivity index (χ0v) is 19.5. The first kappa shape index (κ1) is 27.0. The minimum absolute atomic E-state index is 0.966. The molecule has 0 rings (SSSR count). The van der Waals surface area contributed by atoms with Crippen molar-refractivity contribution in [1.82, 2.24) is 0 Å². The molecule has 0 aromatic rings. The van der Waals surface area contributed by atoms with Crippen LogP contribution in [0.4, 0.5) is 0 Å². The Hall–Kier alpha value is 0. The summed E-state index contributed by atoms with van der Waals surface area (Å²) < 4.78 is 0. The zero-order chi connectivity index (χ0) is 19.8. The van der Waals surface area contributed by atoms with Crippen molar-refractivity contribution in [3.8, 4) is 0 Å². The first-order valence-corrected chi connectivity index (χ1v) is 13.1. The monoisotopic (exact) mass is 379 g/mol. The van der Waals surface area contributed by atoms with Crippen molar-refractivity contribution >= 4 is 0 Å². The molecule has 1 radical (unpaired) electrons. The van der Waals surface area contributed by atoms with Gasteiger partial charge >= 0.3 is 0 Å². The largest absolute Gasteiger partial charge is 0.0654 e. The maximum absolute atomic E-state index is 4.04. The van der Waals surface area contributed by atoms with Crippen molar-refractivity contribution in [2.24, 2.45) is 5.92 Å². The minimum atomic E-state index is 0.966. The van der Waals surface area contributed by atoms with Crippen LogP contribution < -0.4 is 0 Å². The molecule has 0 amide bonds. The molecule has 0 aromatic carbocycles. The summed E-state index contributed by atoms with van der Waals surface area (Å²) in [4.78, 5) is 0. The van der Waals surface area contributed by atoms with Crippen LogP contribution in [0.3, 0.4) is 0 Å². The molecule has 0 heteroatoms. The number of hydrogen-bond donors (Lipinski definition) is 0. The van der Waals surface area contributed by atoms with Crippen LogP contribution in [-0.4, -0.2) is 0 Å². The highest BCUT2D eigenvalue weighted by molar-refractivity contribution is 4.60. The molecule has 0 nitrogen and oxygen atoms in total. The van der Waals surface area contributed by atoms with E-state index in [2.05, 4.69) is 20.8 Å². The van der Waals surface area contributed by atoms with Crippen LogP contribution >= 0.6 is 0 Å². The lowest BCUT2D eigenvalue weighted by Crippen LogP contribution is -1.99. The third-order valence-corrected chi connectivity index (χ3v) is 6.28. The van der Waals surface area contributed by atoms with Gasteiger partial charge in [-0.25, -0.2) is 0 Å². The summed E-state index contributed by atoms with van der Waals surface area (Å²) in [6, 6.07) is 0. The predicted octanol–water partition coefficient (Wildman–Crippen LogP) is 10.4. The molecule has 1 unspecified atom stereocenters. The van der Waals surface area contributed by atoms with Gasteiger partial charge in [-0.1, -0.05) is 168 Å². The van der Waals surface area contributed by atoms with Crippen molar-refractivity contribution in [2.75, 3.05) is 0 Å². The fourth-order valence-electron chi connectivity index (χ4n) is 4.46. The summed E-state index contributed by atoms with van der Waals surface area (Å²) in [5.41, 5.74) is 0. The molecule has 0 fully saturated rings. The molecule has 0 aromatic heterocycles. The van der Waals surface area contributed by atoms with Gasteiger partial charge in [0, 0.05) is 0 Å². The average molecular weight is 380 g/mol. The van der Waals surface area contributed by atoms with Gasteiger partial charge in [-0.05, 0) is 5.92 Å². The van der Waals surface area contributed by atoms with Crippen molar-refractivity contribution < 1.29 is 0 Å². The molecule has 0 N–H and O–H groups in total. The van der Waals surface area contributed by atoms with Crippen molar-refractivity contribution in [2.45, 2.75) is 162 Å². The van der Waals surface area contributed by atoms with Gasteiger partial charge in [0.1, 0.15) is 0 Å². The van der Waals surface area contributed by atoms with Gasteiger partial charge in [0.05, 0.1) is 0 Å². The molecule has 0 aliphatic heterocycles. The molecule has 27 heavy (non-hydrogen) atoms. The van der Waals surface area contributed by atoms with Gasteiger partial charge in [-0.3, -0.25) is 0 Å². The van der Waals surface area contributed by atoms with Gasteiger partial charge < -0.3 is 0 Å². The molecule has 0 heterocycles. The molecule has 0 spiro atoms. The Kier molecular flexibility index (Phi) is 24.0. The highest BCUT2D eigenvalue weighted by atomic mass is 14.1. The highest BCUT2D eigenvalue weighted by Crippen LogP contribution is 2.21. The number of unbranched alkanes of at least 4 members (excludes halogenated alkanes) is 17. The zero-order valence-electron chi connectivity index (χ0n) is 19.5. The summed E-state index contributed by atoms with van der Waals surface area (Å²) in [6.45, 7) is 8.66. The van der Waals surface area contributed by atoms with Crippen LogP contribution in [0.5, 0.6) is 0 Å². The summed E-state index contributed by atoms with van der Waals surface area (Å²) in [5.74, 6) is 0.966. The first-order valence-electron chi connectivity index (χ1n) is 13.1. The summed E-state index contributed by atoms with van der Waals surface area (Å²) in [7, 11) is 0. The van der Waals surface area contributed by atoms with Gasteiger partial charge in [0.25, 0.3) is 0 Å². The third kappa shape index (κ3) is 22.2. The van der Waals surface area contributed by atoms with Crippen LogP contribution in [-0.2, 0) is 0 Å². The van der Waals surface area contributed by atoms with Crippen molar-refractivity contribution in [3.05, 3.63) is 6.92 Å². The van der Waals surface area contributed by atoms with E-state index < -0.39 is 0 Å². The van der Waals surface area contributed by atoms with E-state index in [-0.39, 0.29) is 0 Å². The Morgan fingerprint density at radius 3 is 1.11 bits per heavy atom. The topological polar surface area (TPSA) is 0 Å². The quantitative estimate of drug-likeness (QED) is 0.155. The molecule has 163 valence electrons. The summed E-state index contributed by atoms with van der Waals surface area (Å²) >= 11 is 0. The van der Waals surface area contributed by atoms with E-state index in [0.29, 0.717) is 0 Å². The van der Waals surface area contributed by atoms with E-state index in [9.17, 15) is 0 Å². The Balaban J connectivity index is 3.12. The second-order valence-electron chi connectivity index (χ2n) is 9.10. The fourth-order valence-corrected chi connectivity index (χ4v) is 4.46. The van der Waals surface area contributed by atoms with E-state index >= 15 is 0 Å². The normalized spacial score (nSPS) is 11.6. The Morgan fingerprint density at radius 1 is 0.407 bits per heavy atom. The minimum Gasteiger partial charge on any atom is -0.0654 e. The lowest BCUT2D eigenvalue weighted by molar-refractivity contribution is 0.396. The van der Waals surface area contributed by atoms with E-state index in [4.69, 9.17) is 0 Å². The van der Waals surface area contributed by atoms with Crippen LogP contribution in [0, 0.1) is 12.8 Å². The van der Waals surface area contributed by atoms with Gasteiger partial charge in [-0.15, -0.1) is 0 Å². The van der Waals surface area contributed by atoms with Crippen molar-refractivity contribution in [3.63, 3.8) is 0 Å². The van der Waals surface area contributed by atoms with E-state index in [1.807, 2.05) is 0 Å². The summed E-state index contributed by atoms with van der Waals surface area (Å²) in [6.07, 6.45) is 33.2. The second-order valence-corrected chi connectivity index (χ2v) is 9.10. The van der Waals surface area contributed by atoms with Gasteiger partial charge in [0.15, 0.2) is 0 Å². The maximum atomic E-state index is 4.04. The molecule has 0 bridgehead atoms. The molecular formula is C27H55. The fraction of sp³-hybridized carbons (Fsp3) is 0.963. The maximum Gasteiger partial charge on any atom is -0.0414 e. The Morgan fingerprint density at radius 2 is 0.778 bits per heavy atom.